The Morgan fingerprint density at radius 2 is 1.74 bits per heavy atom. The highest BCUT2D eigenvalue weighted by Gasteiger charge is 2.35. The number of alkyl carbamates (subject to hydrolysis) is 1. The highest BCUT2D eigenvalue weighted by atomic mass is 16.6. The van der Waals surface area contributed by atoms with Crippen molar-refractivity contribution in [2.45, 2.75) is 58.9 Å². The molecular formula is C30H44BN5O6. The highest BCUT2D eigenvalue weighted by Crippen LogP contribution is 2.18. The predicted octanol–water partition coefficient (Wildman–Crippen LogP) is 2.95. The van der Waals surface area contributed by atoms with Crippen LogP contribution in [0.5, 0.6) is 0 Å². The topological polar surface area (TPSA) is 132 Å². The molecule has 1 aromatic carbocycles. The first-order chi connectivity index (χ1) is 20.2. The smallest absolute Gasteiger partial charge is 0.448 e. The fourth-order valence-electron chi connectivity index (χ4n) is 4.73. The summed E-state index contributed by atoms with van der Waals surface area (Å²) in [6, 6.07) is 9.68. The Morgan fingerprint density at radius 3 is 2.36 bits per heavy atom. The second-order valence-corrected chi connectivity index (χ2v) is 11.2. The van der Waals surface area contributed by atoms with Crippen molar-refractivity contribution in [3.63, 3.8) is 0 Å². The van der Waals surface area contributed by atoms with Crippen LogP contribution in [0.15, 0.2) is 48.9 Å². The molecule has 1 aromatic heterocycles. The van der Waals surface area contributed by atoms with Gasteiger partial charge in [-0.1, -0.05) is 44.2 Å². The van der Waals surface area contributed by atoms with Gasteiger partial charge in [0, 0.05) is 63.6 Å². The molecule has 2 heterocycles. The molecule has 0 spiro atoms. The average molecular weight is 582 g/mol. The second-order valence-electron chi connectivity index (χ2n) is 11.2. The molecule has 0 saturated carbocycles. The van der Waals surface area contributed by atoms with Gasteiger partial charge in [-0.2, -0.15) is 0 Å². The van der Waals surface area contributed by atoms with Crippen molar-refractivity contribution in [3.05, 3.63) is 60.2 Å². The van der Waals surface area contributed by atoms with Gasteiger partial charge in [-0.25, -0.2) is 9.78 Å². The average Bonchev–Trinajstić information content (AvgIpc) is 2.93. The van der Waals surface area contributed by atoms with Gasteiger partial charge in [0.2, 0.25) is 5.91 Å². The molecule has 2 atom stereocenters. The minimum atomic E-state index is -0.625. The molecule has 228 valence electrons. The van der Waals surface area contributed by atoms with Gasteiger partial charge in [-0.15, -0.1) is 0 Å². The maximum absolute atomic E-state index is 13.7. The molecule has 0 aliphatic carbocycles. The van der Waals surface area contributed by atoms with Crippen LogP contribution in [-0.4, -0.2) is 91.2 Å². The van der Waals surface area contributed by atoms with Crippen molar-refractivity contribution in [3.8, 4) is 0 Å². The summed E-state index contributed by atoms with van der Waals surface area (Å²) >= 11 is 0. The Kier molecular flexibility index (Phi) is 13.9. The van der Waals surface area contributed by atoms with Crippen LogP contribution in [0.1, 0.15) is 56.6 Å². The quantitative estimate of drug-likeness (QED) is 0.255. The van der Waals surface area contributed by atoms with Crippen molar-refractivity contribution < 1.29 is 28.4 Å². The van der Waals surface area contributed by atoms with E-state index in [2.05, 4.69) is 39.3 Å². The van der Waals surface area contributed by atoms with Gasteiger partial charge in [0.1, 0.15) is 12.3 Å². The van der Waals surface area contributed by atoms with Crippen molar-refractivity contribution in [1.29, 1.82) is 0 Å². The summed E-state index contributed by atoms with van der Waals surface area (Å²) in [6.07, 6.45) is 5.04. The van der Waals surface area contributed by atoms with Crippen molar-refractivity contribution >= 4 is 24.9 Å². The Bertz CT molecular complexity index is 1100. The highest BCUT2D eigenvalue weighted by molar-refractivity contribution is 6.47. The minimum absolute atomic E-state index is 0.00637. The molecule has 3 rings (SSSR count). The summed E-state index contributed by atoms with van der Waals surface area (Å²) < 4.78 is 17.5. The molecule has 1 saturated heterocycles. The molecule has 0 bridgehead atoms. The van der Waals surface area contributed by atoms with Crippen LogP contribution in [0.25, 0.3) is 0 Å². The predicted molar refractivity (Wildman–Crippen MR) is 160 cm³/mol. The minimum Gasteiger partial charge on any atom is -0.448 e. The third-order valence-corrected chi connectivity index (χ3v) is 6.78. The van der Waals surface area contributed by atoms with E-state index in [9.17, 15) is 14.4 Å². The van der Waals surface area contributed by atoms with Crippen LogP contribution >= 0.6 is 0 Å². The lowest BCUT2D eigenvalue weighted by molar-refractivity contribution is -0.125. The fraction of sp³-hybridized carbons (Fsp3) is 0.567. The normalized spacial score (nSPS) is 15.9. The maximum Gasteiger partial charge on any atom is 0.480 e. The maximum atomic E-state index is 13.7. The molecule has 1 aliphatic heterocycles. The molecule has 1 fully saturated rings. The first-order valence-electron chi connectivity index (χ1n) is 14.7. The SMILES string of the molecule is CC(C)C[C@H](NC(=O)[C@H](CC(=O)c1cnccn1)Cc1ccccc1)B1OCCN(CCOC(=O)NC(C)C)CCO1. The van der Waals surface area contributed by atoms with E-state index in [0.717, 1.165) is 5.56 Å². The lowest BCUT2D eigenvalue weighted by Gasteiger charge is -2.31. The number of ketones is 1. The number of rotatable bonds is 14. The van der Waals surface area contributed by atoms with Gasteiger partial charge in [-0.05, 0) is 38.2 Å². The van der Waals surface area contributed by atoms with Gasteiger partial charge in [0.15, 0.2) is 5.78 Å². The number of benzene rings is 1. The lowest BCUT2D eigenvalue weighted by atomic mass is 9.73. The molecule has 1 aliphatic rings. The van der Waals surface area contributed by atoms with E-state index >= 15 is 0 Å². The second kappa shape index (κ2) is 17.6. The lowest BCUT2D eigenvalue weighted by Crippen LogP contribution is -2.54. The molecule has 11 nitrogen and oxygen atoms in total. The zero-order chi connectivity index (χ0) is 30.3. The Balaban J connectivity index is 1.61. The third kappa shape index (κ3) is 11.9. The number of hydrogen-bond donors (Lipinski definition) is 2. The number of ether oxygens (including phenoxy) is 1. The van der Waals surface area contributed by atoms with Crippen LogP contribution in [0.2, 0.25) is 0 Å². The van der Waals surface area contributed by atoms with Gasteiger partial charge in [0.05, 0.1) is 12.1 Å². The largest absolute Gasteiger partial charge is 0.480 e. The molecule has 42 heavy (non-hydrogen) atoms. The van der Waals surface area contributed by atoms with Crippen molar-refractivity contribution in [2.75, 3.05) is 39.5 Å². The molecule has 2 amide bonds. The van der Waals surface area contributed by atoms with Gasteiger partial charge in [-0.3, -0.25) is 19.5 Å². The van der Waals surface area contributed by atoms with Crippen molar-refractivity contribution in [1.82, 2.24) is 25.5 Å². The Morgan fingerprint density at radius 1 is 1.02 bits per heavy atom. The summed E-state index contributed by atoms with van der Waals surface area (Å²) in [5, 5.41) is 5.87. The molecule has 0 unspecified atom stereocenters. The molecule has 12 heteroatoms. The fourth-order valence-corrected chi connectivity index (χ4v) is 4.73. The molecule has 2 N–H and O–H groups in total. The van der Waals surface area contributed by atoms with Crippen LogP contribution in [-0.2, 0) is 25.3 Å². The number of nitrogens with zero attached hydrogens (tertiary/aromatic N) is 3. The van der Waals surface area contributed by atoms with Crippen LogP contribution in [0.3, 0.4) is 0 Å². The summed E-state index contributed by atoms with van der Waals surface area (Å²) in [4.78, 5) is 48.7. The molecule has 2 aromatic rings. The van der Waals surface area contributed by atoms with E-state index in [1.54, 1.807) is 0 Å². The van der Waals surface area contributed by atoms with Gasteiger partial charge in [0.25, 0.3) is 0 Å². The van der Waals surface area contributed by atoms with Crippen molar-refractivity contribution in [2.24, 2.45) is 11.8 Å². The van der Waals surface area contributed by atoms with Gasteiger partial charge < -0.3 is 24.7 Å². The monoisotopic (exact) mass is 581 g/mol. The third-order valence-electron chi connectivity index (χ3n) is 6.78. The number of carbonyl (C=O) groups is 3. The summed E-state index contributed by atoms with van der Waals surface area (Å²) in [5.74, 6) is -1.18. The summed E-state index contributed by atoms with van der Waals surface area (Å²) in [7, 11) is -0.625. The van der Waals surface area contributed by atoms with Gasteiger partial charge >= 0.3 is 13.2 Å². The van der Waals surface area contributed by atoms with E-state index < -0.39 is 25.1 Å². The van der Waals surface area contributed by atoms with Crippen LogP contribution < -0.4 is 10.6 Å². The number of carbonyl (C=O) groups excluding carboxylic acids is 3. The zero-order valence-electron chi connectivity index (χ0n) is 25.2. The van der Waals surface area contributed by atoms with E-state index in [1.165, 1.54) is 18.6 Å². The summed E-state index contributed by atoms with van der Waals surface area (Å²) in [5.41, 5.74) is 1.21. The number of Topliss-reactive ketones (excluding diaryl/α,β-unsaturated/α-hetero) is 1. The van der Waals surface area contributed by atoms with E-state index in [4.69, 9.17) is 14.0 Å². The van der Waals surface area contributed by atoms with E-state index in [0.29, 0.717) is 45.7 Å². The standard InChI is InChI=1S/C30H44BN5O6/c1-22(2)18-28(31-41-16-13-36(14-17-42-31)12-15-40-30(39)34-23(3)4)35-29(38)25(19-24-8-6-5-7-9-24)20-27(37)26-21-32-10-11-33-26/h5-11,21-23,25,28H,12-20H2,1-4H3,(H,34,39)(H,35,38)/t25-,28-/m0/s1. The Hall–Kier alpha value is -3.35. The van der Waals surface area contributed by atoms with Crippen LogP contribution in [0, 0.1) is 11.8 Å². The first-order valence-corrected chi connectivity index (χ1v) is 14.7. The van der Waals surface area contributed by atoms with Crippen LogP contribution in [0.4, 0.5) is 4.79 Å². The number of aromatic nitrogens is 2. The van der Waals surface area contributed by atoms with E-state index in [-0.39, 0.29) is 42.4 Å². The summed E-state index contributed by atoms with van der Waals surface area (Å²) in [6.45, 7) is 10.8. The zero-order valence-corrected chi connectivity index (χ0v) is 25.2. The Labute approximate surface area is 249 Å². The number of nitrogens with one attached hydrogen (secondary N) is 2. The molecule has 0 radical (unpaired) electrons. The van der Waals surface area contributed by atoms with E-state index in [1.807, 2.05) is 44.2 Å². The molecular weight excluding hydrogens is 537 g/mol. The number of amides is 2. The number of hydrogen-bond acceptors (Lipinski definition) is 9. The first kappa shape index (κ1) is 33.2.